The first-order valence-corrected chi connectivity index (χ1v) is 8.39. The van der Waals surface area contributed by atoms with Crippen LogP contribution in [0.25, 0.3) is 11.1 Å². The minimum atomic E-state index is -0.463. The van der Waals surface area contributed by atoms with Gasteiger partial charge in [-0.25, -0.2) is 4.79 Å². The third-order valence-electron chi connectivity index (χ3n) is 3.29. The molecule has 0 radical (unpaired) electrons. The summed E-state index contributed by atoms with van der Waals surface area (Å²) < 4.78 is 5.24. The normalized spacial score (nSPS) is 12.7. The van der Waals surface area contributed by atoms with Gasteiger partial charge in [-0.3, -0.25) is 0 Å². The van der Waals surface area contributed by atoms with Crippen molar-refractivity contribution in [2.24, 2.45) is 0 Å². The van der Waals surface area contributed by atoms with E-state index in [0.29, 0.717) is 6.54 Å². The SMILES string of the molecule is C[C@@H](CNC(=O)OC(C)(C)C)c1ccc(-c2ccsc2)cc1. The van der Waals surface area contributed by atoms with Gasteiger partial charge in [0.2, 0.25) is 0 Å². The van der Waals surface area contributed by atoms with Gasteiger partial charge in [0.25, 0.3) is 0 Å². The van der Waals surface area contributed by atoms with Crippen LogP contribution in [0, 0.1) is 0 Å². The number of alkyl carbamates (subject to hydrolysis) is 1. The van der Waals surface area contributed by atoms with Crippen molar-refractivity contribution in [1.82, 2.24) is 5.32 Å². The minimum Gasteiger partial charge on any atom is -0.444 e. The van der Waals surface area contributed by atoms with Crippen molar-refractivity contribution in [2.45, 2.75) is 39.2 Å². The van der Waals surface area contributed by atoms with E-state index in [9.17, 15) is 4.79 Å². The van der Waals surface area contributed by atoms with Crippen molar-refractivity contribution in [3.63, 3.8) is 0 Å². The Kier molecular flexibility index (Phi) is 5.24. The Morgan fingerprint density at radius 2 is 1.86 bits per heavy atom. The fourth-order valence-electron chi connectivity index (χ4n) is 2.10. The molecule has 0 aliphatic heterocycles. The molecule has 0 aliphatic carbocycles. The lowest BCUT2D eigenvalue weighted by molar-refractivity contribution is 0.0525. The minimum absolute atomic E-state index is 0.240. The standard InChI is InChI=1S/C18H23NO2S/c1-13(11-19-17(20)21-18(2,3)4)14-5-7-15(8-6-14)16-9-10-22-12-16/h5-10,12-13H,11H2,1-4H3,(H,19,20)/t13-/m0/s1. The number of carbonyl (C=O) groups excluding carboxylic acids is 1. The van der Waals surface area contributed by atoms with E-state index in [2.05, 4.69) is 53.3 Å². The van der Waals surface area contributed by atoms with Crippen LogP contribution in [0.2, 0.25) is 0 Å². The summed E-state index contributed by atoms with van der Waals surface area (Å²) in [5.74, 6) is 0.240. The molecule has 22 heavy (non-hydrogen) atoms. The van der Waals surface area contributed by atoms with Gasteiger partial charge in [0.1, 0.15) is 5.60 Å². The molecule has 0 spiro atoms. The lowest BCUT2D eigenvalue weighted by atomic mass is 9.98. The number of nitrogens with one attached hydrogen (secondary N) is 1. The van der Waals surface area contributed by atoms with Crippen molar-refractivity contribution < 1.29 is 9.53 Å². The maximum Gasteiger partial charge on any atom is 0.407 e. The molecule has 0 fully saturated rings. The van der Waals surface area contributed by atoms with Crippen LogP contribution < -0.4 is 5.32 Å². The molecule has 1 aromatic heterocycles. The summed E-state index contributed by atoms with van der Waals surface area (Å²) in [5, 5.41) is 7.04. The summed E-state index contributed by atoms with van der Waals surface area (Å²) in [6.07, 6.45) is -0.366. The van der Waals surface area contributed by atoms with Gasteiger partial charge < -0.3 is 10.1 Å². The Hall–Kier alpha value is -1.81. The molecule has 118 valence electrons. The average molecular weight is 317 g/mol. The van der Waals surface area contributed by atoms with E-state index in [-0.39, 0.29) is 12.0 Å². The van der Waals surface area contributed by atoms with E-state index in [1.54, 1.807) is 11.3 Å². The molecule has 0 bridgehead atoms. The molecule has 1 heterocycles. The molecule has 1 atom stereocenters. The number of amides is 1. The molecule has 2 aromatic rings. The van der Waals surface area contributed by atoms with Gasteiger partial charge in [0, 0.05) is 6.54 Å². The molecule has 4 heteroatoms. The van der Waals surface area contributed by atoms with Gasteiger partial charge in [0.15, 0.2) is 0 Å². The van der Waals surface area contributed by atoms with E-state index in [1.165, 1.54) is 16.7 Å². The van der Waals surface area contributed by atoms with Crippen LogP contribution in [0.4, 0.5) is 4.79 Å². The van der Waals surface area contributed by atoms with Crippen LogP contribution in [-0.2, 0) is 4.74 Å². The van der Waals surface area contributed by atoms with E-state index < -0.39 is 5.60 Å². The predicted molar refractivity (Wildman–Crippen MR) is 92.4 cm³/mol. The summed E-state index contributed by atoms with van der Waals surface area (Å²) in [4.78, 5) is 11.7. The summed E-state index contributed by atoms with van der Waals surface area (Å²) >= 11 is 1.70. The molecule has 1 N–H and O–H groups in total. The highest BCUT2D eigenvalue weighted by molar-refractivity contribution is 7.08. The Bertz CT molecular complexity index is 597. The maximum atomic E-state index is 11.7. The van der Waals surface area contributed by atoms with Gasteiger partial charge in [-0.15, -0.1) is 0 Å². The van der Waals surface area contributed by atoms with E-state index >= 15 is 0 Å². The lowest BCUT2D eigenvalue weighted by Gasteiger charge is -2.21. The second-order valence-corrected chi connectivity index (χ2v) is 7.20. The molecule has 3 nitrogen and oxygen atoms in total. The number of ether oxygens (including phenoxy) is 1. The number of thiophene rings is 1. The quantitative estimate of drug-likeness (QED) is 0.857. The van der Waals surface area contributed by atoms with Gasteiger partial charge in [-0.05, 0) is 60.2 Å². The van der Waals surface area contributed by atoms with Crippen molar-refractivity contribution in [2.75, 3.05) is 6.54 Å². The van der Waals surface area contributed by atoms with Crippen LogP contribution >= 0.6 is 11.3 Å². The molecule has 2 rings (SSSR count). The molecule has 0 saturated heterocycles. The number of rotatable bonds is 4. The number of benzene rings is 1. The predicted octanol–water partition coefficient (Wildman–Crippen LogP) is 5.04. The second kappa shape index (κ2) is 6.97. The summed E-state index contributed by atoms with van der Waals surface area (Å²) in [7, 11) is 0. The number of hydrogen-bond acceptors (Lipinski definition) is 3. The largest absolute Gasteiger partial charge is 0.444 e. The Morgan fingerprint density at radius 3 is 2.41 bits per heavy atom. The number of hydrogen-bond donors (Lipinski definition) is 1. The third-order valence-corrected chi connectivity index (χ3v) is 3.97. The highest BCUT2D eigenvalue weighted by Gasteiger charge is 2.16. The Labute approximate surface area is 136 Å². The van der Waals surface area contributed by atoms with Crippen molar-refractivity contribution in [1.29, 1.82) is 0 Å². The molecule has 0 unspecified atom stereocenters. The van der Waals surface area contributed by atoms with Gasteiger partial charge in [-0.2, -0.15) is 11.3 Å². The summed E-state index contributed by atoms with van der Waals surface area (Å²) in [5.41, 5.74) is 3.21. The van der Waals surface area contributed by atoms with Gasteiger partial charge in [0.05, 0.1) is 0 Å². The Balaban J connectivity index is 1.90. The molecular formula is C18H23NO2S. The fraction of sp³-hybridized carbons (Fsp3) is 0.389. The lowest BCUT2D eigenvalue weighted by Crippen LogP contribution is -2.34. The smallest absolute Gasteiger partial charge is 0.407 e. The van der Waals surface area contributed by atoms with Crippen LogP contribution in [0.3, 0.4) is 0 Å². The van der Waals surface area contributed by atoms with Crippen LogP contribution in [0.1, 0.15) is 39.2 Å². The van der Waals surface area contributed by atoms with Crippen LogP contribution in [-0.4, -0.2) is 18.2 Å². The first kappa shape index (κ1) is 16.6. The van der Waals surface area contributed by atoms with Crippen LogP contribution in [0.15, 0.2) is 41.1 Å². The second-order valence-electron chi connectivity index (χ2n) is 6.42. The zero-order valence-corrected chi connectivity index (χ0v) is 14.4. The monoisotopic (exact) mass is 317 g/mol. The van der Waals surface area contributed by atoms with Gasteiger partial charge in [-0.1, -0.05) is 31.2 Å². The zero-order valence-electron chi connectivity index (χ0n) is 13.6. The molecule has 1 aromatic carbocycles. The zero-order chi connectivity index (χ0) is 16.2. The molecule has 0 saturated carbocycles. The highest BCUT2D eigenvalue weighted by Crippen LogP contribution is 2.24. The van der Waals surface area contributed by atoms with E-state index in [0.717, 1.165) is 0 Å². The molecule has 0 aliphatic rings. The maximum absolute atomic E-state index is 11.7. The summed E-state index contributed by atoms with van der Waals surface area (Å²) in [6.45, 7) is 8.24. The molecule has 1 amide bonds. The summed E-state index contributed by atoms with van der Waals surface area (Å²) in [6, 6.07) is 10.6. The van der Waals surface area contributed by atoms with Crippen LogP contribution in [0.5, 0.6) is 0 Å². The number of carbonyl (C=O) groups is 1. The topological polar surface area (TPSA) is 38.3 Å². The molecular weight excluding hydrogens is 294 g/mol. The highest BCUT2D eigenvalue weighted by atomic mass is 32.1. The first-order valence-electron chi connectivity index (χ1n) is 7.44. The van der Waals surface area contributed by atoms with Crippen molar-refractivity contribution in [3.8, 4) is 11.1 Å². The van der Waals surface area contributed by atoms with E-state index in [4.69, 9.17) is 4.74 Å². The first-order chi connectivity index (χ1) is 10.3. The third kappa shape index (κ3) is 4.88. The van der Waals surface area contributed by atoms with Crippen molar-refractivity contribution >= 4 is 17.4 Å². The van der Waals surface area contributed by atoms with E-state index in [1.807, 2.05) is 20.8 Å². The fourth-order valence-corrected chi connectivity index (χ4v) is 2.77. The Morgan fingerprint density at radius 1 is 1.18 bits per heavy atom. The van der Waals surface area contributed by atoms with Gasteiger partial charge >= 0.3 is 6.09 Å². The average Bonchev–Trinajstić information content (AvgIpc) is 2.97. The van der Waals surface area contributed by atoms with Crippen molar-refractivity contribution in [3.05, 3.63) is 46.7 Å².